The summed E-state index contributed by atoms with van der Waals surface area (Å²) in [5.41, 5.74) is 1.88. The van der Waals surface area contributed by atoms with Crippen LogP contribution in [0.15, 0.2) is 18.2 Å². The maximum absolute atomic E-state index is 13.1. The molecule has 16 heavy (non-hydrogen) atoms. The normalized spacial score (nSPS) is 20.6. The first-order valence-electron chi connectivity index (χ1n) is 5.90. The van der Waals surface area contributed by atoms with Crippen LogP contribution in [0, 0.1) is 11.2 Å². The number of fused-ring (bicyclic) bond motifs is 1. The van der Waals surface area contributed by atoms with Crippen molar-refractivity contribution < 1.29 is 4.39 Å². The molecule has 1 fully saturated rings. The summed E-state index contributed by atoms with van der Waals surface area (Å²) in [6.45, 7) is 0.791. The summed E-state index contributed by atoms with van der Waals surface area (Å²) in [7, 11) is 0. The molecule has 1 aromatic carbocycles. The van der Waals surface area contributed by atoms with Gasteiger partial charge in [0.15, 0.2) is 0 Å². The van der Waals surface area contributed by atoms with Gasteiger partial charge in [-0.3, -0.25) is 5.41 Å². The highest BCUT2D eigenvalue weighted by molar-refractivity contribution is 6.00. The summed E-state index contributed by atoms with van der Waals surface area (Å²) in [4.78, 5) is 2.14. The molecule has 0 amide bonds. The second-order valence-corrected chi connectivity index (χ2v) is 4.72. The minimum absolute atomic E-state index is 0.239. The summed E-state index contributed by atoms with van der Waals surface area (Å²) >= 11 is 0. The smallest absolute Gasteiger partial charge is 0.129 e. The van der Waals surface area contributed by atoms with Gasteiger partial charge in [-0.1, -0.05) is 18.9 Å². The molecule has 1 heterocycles. The van der Waals surface area contributed by atoms with E-state index in [0.29, 0.717) is 11.9 Å². The molecule has 1 aromatic rings. The Morgan fingerprint density at radius 2 is 2.00 bits per heavy atom. The molecule has 0 atom stereocenters. The molecule has 0 saturated heterocycles. The first kappa shape index (κ1) is 9.82. The Hall–Kier alpha value is -1.38. The predicted molar refractivity (Wildman–Crippen MR) is 61.0 cm³/mol. The van der Waals surface area contributed by atoms with Gasteiger partial charge in [0.1, 0.15) is 11.7 Å². The van der Waals surface area contributed by atoms with Crippen molar-refractivity contribution in [3.05, 3.63) is 35.1 Å². The van der Waals surface area contributed by atoms with Crippen LogP contribution >= 0.6 is 0 Å². The zero-order valence-corrected chi connectivity index (χ0v) is 9.17. The second-order valence-electron chi connectivity index (χ2n) is 4.72. The van der Waals surface area contributed by atoms with Gasteiger partial charge in [0.25, 0.3) is 0 Å². The van der Waals surface area contributed by atoms with Crippen molar-refractivity contribution >= 4 is 5.84 Å². The fraction of sp³-hybridized carbons (Fsp3) is 0.462. The largest absolute Gasteiger partial charge is 0.349 e. The van der Waals surface area contributed by atoms with Crippen LogP contribution in [0.4, 0.5) is 4.39 Å². The Morgan fingerprint density at radius 3 is 2.75 bits per heavy atom. The van der Waals surface area contributed by atoms with Crippen LogP contribution in [0.25, 0.3) is 0 Å². The average Bonchev–Trinajstić information content (AvgIpc) is 2.87. The lowest BCUT2D eigenvalue weighted by molar-refractivity contribution is 0.318. The van der Waals surface area contributed by atoms with Gasteiger partial charge in [-0.2, -0.15) is 0 Å². The van der Waals surface area contributed by atoms with Gasteiger partial charge >= 0.3 is 0 Å². The molecular weight excluding hydrogens is 203 g/mol. The first-order valence-corrected chi connectivity index (χ1v) is 5.90. The maximum Gasteiger partial charge on any atom is 0.129 e. The third-order valence-electron chi connectivity index (χ3n) is 3.72. The van der Waals surface area contributed by atoms with E-state index in [0.717, 1.165) is 17.7 Å². The molecule has 84 valence electrons. The number of hydrogen-bond donors (Lipinski definition) is 1. The summed E-state index contributed by atoms with van der Waals surface area (Å²) in [5.74, 6) is 0.276. The van der Waals surface area contributed by atoms with Crippen LogP contribution in [0.2, 0.25) is 0 Å². The van der Waals surface area contributed by atoms with Crippen molar-refractivity contribution in [2.24, 2.45) is 0 Å². The molecule has 0 bridgehead atoms. The van der Waals surface area contributed by atoms with E-state index in [9.17, 15) is 4.39 Å². The van der Waals surface area contributed by atoms with E-state index in [4.69, 9.17) is 5.41 Å². The monoisotopic (exact) mass is 218 g/mol. The van der Waals surface area contributed by atoms with Crippen LogP contribution < -0.4 is 0 Å². The molecule has 0 radical (unpaired) electrons. The molecular formula is C13H15FN2. The highest BCUT2D eigenvalue weighted by atomic mass is 19.1. The van der Waals surface area contributed by atoms with Crippen LogP contribution in [0.1, 0.15) is 36.8 Å². The Labute approximate surface area is 94.6 Å². The molecule has 1 aliphatic heterocycles. The number of benzene rings is 1. The van der Waals surface area contributed by atoms with E-state index >= 15 is 0 Å². The maximum atomic E-state index is 13.1. The Morgan fingerprint density at radius 1 is 1.25 bits per heavy atom. The number of hydrogen-bond acceptors (Lipinski definition) is 1. The minimum atomic E-state index is -0.239. The molecule has 2 aliphatic rings. The van der Waals surface area contributed by atoms with Crippen molar-refractivity contribution in [2.45, 2.75) is 38.3 Å². The average molecular weight is 218 g/mol. The van der Waals surface area contributed by atoms with Gasteiger partial charge in [0.05, 0.1) is 0 Å². The van der Waals surface area contributed by atoms with E-state index < -0.39 is 0 Å². The minimum Gasteiger partial charge on any atom is -0.349 e. The molecule has 3 rings (SSSR count). The lowest BCUT2D eigenvalue weighted by atomic mass is 10.1. The van der Waals surface area contributed by atoms with Gasteiger partial charge in [-0.15, -0.1) is 0 Å². The molecule has 2 nitrogen and oxygen atoms in total. The number of rotatable bonds is 1. The van der Waals surface area contributed by atoms with E-state index in [1.807, 2.05) is 6.07 Å². The number of nitrogens with one attached hydrogen (secondary N) is 1. The van der Waals surface area contributed by atoms with Crippen LogP contribution in [-0.4, -0.2) is 16.8 Å². The number of amidine groups is 1. The molecule has 0 unspecified atom stereocenters. The van der Waals surface area contributed by atoms with Crippen molar-refractivity contribution in [3.63, 3.8) is 0 Å². The number of nitrogens with zero attached hydrogens (tertiary/aromatic N) is 1. The third-order valence-corrected chi connectivity index (χ3v) is 3.72. The molecule has 3 heteroatoms. The zero-order chi connectivity index (χ0) is 11.1. The highest BCUT2D eigenvalue weighted by Gasteiger charge is 2.31. The van der Waals surface area contributed by atoms with E-state index in [1.165, 1.54) is 37.8 Å². The molecule has 0 spiro atoms. The Bertz CT molecular complexity index is 436. The zero-order valence-electron chi connectivity index (χ0n) is 9.17. The van der Waals surface area contributed by atoms with E-state index in [1.54, 1.807) is 0 Å². The highest BCUT2D eigenvalue weighted by Crippen LogP contribution is 2.31. The summed E-state index contributed by atoms with van der Waals surface area (Å²) in [6, 6.07) is 5.30. The summed E-state index contributed by atoms with van der Waals surface area (Å²) in [5, 5.41) is 8.11. The molecule has 1 saturated carbocycles. The fourth-order valence-electron chi connectivity index (χ4n) is 2.85. The van der Waals surface area contributed by atoms with Crippen LogP contribution in [0.3, 0.4) is 0 Å². The lowest BCUT2D eigenvalue weighted by Gasteiger charge is -2.25. The van der Waals surface area contributed by atoms with Crippen LogP contribution in [0.5, 0.6) is 0 Å². The Balaban J connectivity index is 1.91. The van der Waals surface area contributed by atoms with Crippen molar-refractivity contribution in [1.29, 1.82) is 5.41 Å². The SMILES string of the molecule is N=C1c2cc(F)ccc2CN1C1CCCC1. The van der Waals surface area contributed by atoms with Gasteiger partial charge in [-0.05, 0) is 30.5 Å². The van der Waals surface area contributed by atoms with E-state index in [-0.39, 0.29) is 5.82 Å². The fourth-order valence-corrected chi connectivity index (χ4v) is 2.85. The summed E-state index contributed by atoms with van der Waals surface area (Å²) in [6.07, 6.45) is 4.88. The van der Waals surface area contributed by atoms with Crippen molar-refractivity contribution in [2.75, 3.05) is 0 Å². The molecule has 0 aromatic heterocycles. The van der Waals surface area contributed by atoms with Gasteiger partial charge in [-0.25, -0.2) is 4.39 Å². The van der Waals surface area contributed by atoms with Gasteiger partial charge in [0.2, 0.25) is 0 Å². The van der Waals surface area contributed by atoms with Crippen molar-refractivity contribution in [3.8, 4) is 0 Å². The topological polar surface area (TPSA) is 27.1 Å². The van der Waals surface area contributed by atoms with Crippen molar-refractivity contribution in [1.82, 2.24) is 4.90 Å². The number of halogens is 1. The first-order chi connectivity index (χ1) is 7.75. The quantitative estimate of drug-likeness (QED) is 0.771. The predicted octanol–water partition coefficient (Wildman–Crippen LogP) is 2.91. The third kappa shape index (κ3) is 1.42. The molecule has 1 N–H and O–H groups in total. The second kappa shape index (κ2) is 3.58. The standard InChI is InChI=1S/C13H15FN2/c14-10-6-5-9-8-16(11-3-1-2-4-11)13(15)12(9)7-10/h5-7,11,15H,1-4,8H2. The Kier molecular flexibility index (Phi) is 2.20. The molecule has 1 aliphatic carbocycles. The van der Waals surface area contributed by atoms with E-state index in [2.05, 4.69) is 4.90 Å². The van der Waals surface area contributed by atoms with Gasteiger partial charge < -0.3 is 4.90 Å². The lowest BCUT2D eigenvalue weighted by Crippen LogP contribution is -2.33. The van der Waals surface area contributed by atoms with Gasteiger partial charge in [0, 0.05) is 18.2 Å². The van der Waals surface area contributed by atoms with Crippen LogP contribution in [-0.2, 0) is 6.54 Å². The summed E-state index contributed by atoms with van der Waals surface area (Å²) < 4.78 is 13.1.